The van der Waals surface area contributed by atoms with Crippen LogP contribution in [-0.4, -0.2) is 49.7 Å². The van der Waals surface area contributed by atoms with Gasteiger partial charge >= 0.3 is 0 Å². The predicted molar refractivity (Wildman–Crippen MR) is 77.1 cm³/mol. The largest absolute Gasteiger partial charge is 0.339 e. The van der Waals surface area contributed by atoms with Gasteiger partial charge in [0.05, 0.1) is 11.3 Å². The molecule has 0 bridgehead atoms. The first kappa shape index (κ1) is 13.4. The Morgan fingerprint density at radius 1 is 1.30 bits per heavy atom. The summed E-state index contributed by atoms with van der Waals surface area (Å²) in [6, 6.07) is 0. The van der Waals surface area contributed by atoms with Crippen LogP contribution >= 0.6 is 11.8 Å². The van der Waals surface area contributed by atoms with E-state index < -0.39 is 0 Å². The zero-order valence-electron chi connectivity index (χ0n) is 11.7. The third-order valence-electron chi connectivity index (χ3n) is 3.64. The number of nitrogens with zero attached hydrogens (tertiary/aromatic N) is 5. The Morgan fingerprint density at radius 3 is 2.75 bits per heavy atom. The van der Waals surface area contributed by atoms with Crippen molar-refractivity contribution in [2.75, 3.05) is 19.3 Å². The van der Waals surface area contributed by atoms with Crippen molar-refractivity contribution in [2.45, 2.75) is 31.3 Å². The van der Waals surface area contributed by atoms with E-state index in [1.54, 1.807) is 10.7 Å². The smallest absolute Gasteiger partial charge is 0.257 e. The summed E-state index contributed by atoms with van der Waals surface area (Å²) in [5.41, 5.74) is 1.43. The number of rotatable bonds is 2. The summed E-state index contributed by atoms with van der Waals surface area (Å²) >= 11 is 1.47. The highest BCUT2D eigenvalue weighted by molar-refractivity contribution is 7.98. The second kappa shape index (κ2) is 5.40. The van der Waals surface area contributed by atoms with Crippen LogP contribution in [0.2, 0.25) is 0 Å². The average molecular weight is 291 g/mol. The van der Waals surface area contributed by atoms with Crippen molar-refractivity contribution < 1.29 is 4.79 Å². The molecule has 1 amide bonds. The van der Waals surface area contributed by atoms with Crippen LogP contribution in [0.15, 0.2) is 11.4 Å². The number of amides is 1. The number of aryl methyl sites for hydroxylation is 1. The van der Waals surface area contributed by atoms with Crippen LogP contribution in [-0.2, 0) is 0 Å². The normalized spacial score (nSPS) is 15.8. The van der Waals surface area contributed by atoms with Crippen LogP contribution in [0.4, 0.5) is 0 Å². The first-order valence-electron chi connectivity index (χ1n) is 6.76. The molecule has 0 aromatic carbocycles. The third-order valence-corrected chi connectivity index (χ3v) is 4.18. The first-order valence-corrected chi connectivity index (χ1v) is 7.99. The van der Waals surface area contributed by atoms with E-state index in [0.717, 1.165) is 31.6 Å². The molecule has 0 radical (unpaired) electrons. The Balaban J connectivity index is 1.98. The Kier molecular flexibility index (Phi) is 3.60. The summed E-state index contributed by atoms with van der Waals surface area (Å²) in [4.78, 5) is 23.0. The van der Waals surface area contributed by atoms with E-state index in [9.17, 15) is 4.79 Å². The van der Waals surface area contributed by atoms with Gasteiger partial charge in [0.15, 0.2) is 0 Å². The van der Waals surface area contributed by atoms with E-state index in [0.29, 0.717) is 16.5 Å². The molecule has 1 aliphatic rings. The van der Waals surface area contributed by atoms with Gasteiger partial charge < -0.3 is 4.90 Å². The van der Waals surface area contributed by atoms with Crippen LogP contribution in [0.3, 0.4) is 0 Å². The molecule has 0 unspecified atom stereocenters. The summed E-state index contributed by atoms with van der Waals surface area (Å²) in [7, 11) is 0. The Morgan fingerprint density at radius 2 is 2.05 bits per heavy atom. The molecular formula is C13H17N5OS. The van der Waals surface area contributed by atoms with Gasteiger partial charge in [-0.1, -0.05) is 11.8 Å². The summed E-state index contributed by atoms with van der Waals surface area (Å²) in [6.45, 7) is 3.57. The van der Waals surface area contributed by atoms with Gasteiger partial charge in [-0.3, -0.25) is 4.79 Å². The van der Waals surface area contributed by atoms with Crippen molar-refractivity contribution in [2.24, 2.45) is 0 Å². The third kappa shape index (κ3) is 2.26. The zero-order chi connectivity index (χ0) is 14.1. The van der Waals surface area contributed by atoms with Gasteiger partial charge in [-0.2, -0.15) is 9.50 Å². The molecule has 1 fully saturated rings. The summed E-state index contributed by atoms with van der Waals surface area (Å²) in [5, 5.41) is 5.02. The molecule has 6 nitrogen and oxygen atoms in total. The second-order valence-electron chi connectivity index (χ2n) is 4.92. The monoisotopic (exact) mass is 291 g/mol. The maximum absolute atomic E-state index is 12.6. The van der Waals surface area contributed by atoms with Gasteiger partial charge in [0, 0.05) is 19.3 Å². The maximum Gasteiger partial charge on any atom is 0.257 e. The van der Waals surface area contributed by atoms with Gasteiger partial charge in [-0.25, -0.2) is 4.98 Å². The fraction of sp³-hybridized carbons (Fsp3) is 0.538. The maximum atomic E-state index is 12.6. The number of carbonyl (C=O) groups is 1. The molecule has 0 spiro atoms. The Bertz CT molecular complexity index is 647. The van der Waals surface area contributed by atoms with Crippen molar-refractivity contribution >= 4 is 23.4 Å². The van der Waals surface area contributed by atoms with Crippen molar-refractivity contribution in [1.82, 2.24) is 24.5 Å². The van der Waals surface area contributed by atoms with Crippen LogP contribution in [0.5, 0.6) is 0 Å². The van der Waals surface area contributed by atoms with Crippen LogP contribution < -0.4 is 0 Å². The van der Waals surface area contributed by atoms with Crippen molar-refractivity contribution in [1.29, 1.82) is 0 Å². The number of carbonyl (C=O) groups excluding carboxylic acids is 1. The van der Waals surface area contributed by atoms with Gasteiger partial charge in [0.2, 0.25) is 5.16 Å². The highest BCUT2D eigenvalue weighted by Crippen LogP contribution is 2.17. The van der Waals surface area contributed by atoms with Gasteiger partial charge in [0.1, 0.15) is 0 Å². The van der Waals surface area contributed by atoms with E-state index in [-0.39, 0.29) is 5.91 Å². The number of aromatic nitrogens is 4. The summed E-state index contributed by atoms with van der Waals surface area (Å²) < 4.78 is 1.66. The molecule has 0 aliphatic carbocycles. The van der Waals surface area contributed by atoms with E-state index in [4.69, 9.17) is 0 Å². The molecule has 7 heteroatoms. The lowest BCUT2D eigenvalue weighted by molar-refractivity contribution is 0.0722. The van der Waals surface area contributed by atoms with Crippen molar-refractivity contribution in [3.63, 3.8) is 0 Å². The molecule has 1 saturated heterocycles. The van der Waals surface area contributed by atoms with E-state index in [2.05, 4.69) is 15.1 Å². The van der Waals surface area contributed by atoms with Gasteiger partial charge in [0.25, 0.3) is 11.7 Å². The number of piperidine rings is 1. The molecule has 3 rings (SSSR count). The molecule has 2 aromatic heterocycles. The number of fused-ring (bicyclic) bond motifs is 1. The molecule has 0 N–H and O–H groups in total. The lowest BCUT2D eigenvalue weighted by Gasteiger charge is -2.27. The number of thioether (sulfide) groups is 1. The minimum atomic E-state index is 0.0535. The SMILES string of the molecule is CSc1nc2ncc(C(=O)N3CCCCC3)c(C)n2n1. The zero-order valence-corrected chi connectivity index (χ0v) is 12.5. The first-order chi connectivity index (χ1) is 9.70. The highest BCUT2D eigenvalue weighted by atomic mass is 32.2. The molecule has 0 saturated carbocycles. The second-order valence-corrected chi connectivity index (χ2v) is 5.69. The highest BCUT2D eigenvalue weighted by Gasteiger charge is 2.22. The van der Waals surface area contributed by atoms with E-state index >= 15 is 0 Å². The minimum Gasteiger partial charge on any atom is -0.339 e. The fourth-order valence-electron chi connectivity index (χ4n) is 2.49. The lowest BCUT2D eigenvalue weighted by atomic mass is 10.1. The van der Waals surface area contributed by atoms with Crippen LogP contribution in [0, 0.1) is 6.92 Å². The van der Waals surface area contributed by atoms with Crippen molar-refractivity contribution in [3.8, 4) is 0 Å². The molecule has 2 aromatic rings. The quantitative estimate of drug-likeness (QED) is 0.789. The number of hydrogen-bond acceptors (Lipinski definition) is 5. The minimum absolute atomic E-state index is 0.0535. The molecular weight excluding hydrogens is 274 g/mol. The fourth-order valence-corrected chi connectivity index (χ4v) is 2.82. The molecule has 3 heterocycles. The number of likely N-dealkylation sites (tertiary alicyclic amines) is 1. The topological polar surface area (TPSA) is 63.4 Å². The summed E-state index contributed by atoms with van der Waals surface area (Å²) in [5.74, 6) is 0.597. The molecule has 0 atom stereocenters. The standard InChI is InChI=1S/C13H17N5OS/c1-9-10(11(19)17-6-4-3-5-7-17)8-14-12-15-13(20-2)16-18(9)12/h8H,3-7H2,1-2H3. The molecule has 20 heavy (non-hydrogen) atoms. The predicted octanol–water partition coefficient (Wildman–Crippen LogP) is 1.78. The Labute approximate surface area is 121 Å². The molecule has 106 valence electrons. The molecule has 1 aliphatic heterocycles. The average Bonchev–Trinajstić information content (AvgIpc) is 2.92. The van der Waals surface area contributed by atoms with E-state index in [1.807, 2.05) is 18.1 Å². The van der Waals surface area contributed by atoms with E-state index in [1.165, 1.54) is 18.2 Å². The summed E-state index contributed by atoms with van der Waals surface area (Å²) in [6.07, 6.45) is 6.92. The number of hydrogen-bond donors (Lipinski definition) is 0. The Hall–Kier alpha value is -1.63. The van der Waals surface area contributed by atoms with Crippen molar-refractivity contribution in [3.05, 3.63) is 17.5 Å². The lowest BCUT2D eigenvalue weighted by Crippen LogP contribution is -2.36. The van der Waals surface area contributed by atoms with Gasteiger partial charge in [-0.15, -0.1) is 5.10 Å². The van der Waals surface area contributed by atoms with Crippen LogP contribution in [0.1, 0.15) is 35.3 Å². The van der Waals surface area contributed by atoms with Crippen LogP contribution in [0.25, 0.3) is 5.78 Å². The van der Waals surface area contributed by atoms with Gasteiger partial charge in [-0.05, 0) is 32.4 Å².